The number of carboxylic acids is 1. The number of nitrogens with zero attached hydrogens (tertiary/aromatic N) is 2. The fourth-order valence-electron chi connectivity index (χ4n) is 2.90. The first kappa shape index (κ1) is 12.2. The molecule has 1 heterocycles. The van der Waals surface area contributed by atoms with Crippen molar-refractivity contribution in [2.45, 2.75) is 50.6 Å². The van der Waals surface area contributed by atoms with Gasteiger partial charge >= 0.3 is 12.0 Å². The number of carbonyl (C=O) groups excluding carboxylic acids is 1. The summed E-state index contributed by atoms with van der Waals surface area (Å²) in [5.74, 6) is -0.882. The van der Waals surface area contributed by atoms with Crippen molar-refractivity contribution in [3.05, 3.63) is 0 Å². The number of aliphatic carboxylic acids is 1. The van der Waals surface area contributed by atoms with Gasteiger partial charge in [0.1, 0.15) is 6.04 Å². The predicted molar refractivity (Wildman–Crippen MR) is 62.8 cm³/mol. The molecule has 5 heteroatoms. The van der Waals surface area contributed by atoms with Crippen LogP contribution < -0.4 is 0 Å². The number of rotatable bonds is 2. The largest absolute Gasteiger partial charge is 0.480 e. The van der Waals surface area contributed by atoms with Gasteiger partial charge in [0.05, 0.1) is 6.54 Å². The molecule has 96 valence electrons. The maximum absolute atomic E-state index is 12.0. The summed E-state index contributed by atoms with van der Waals surface area (Å²) in [5, 5.41) is 9.20. The van der Waals surface area contributed by atoms with E-state index in [2.05, 4.69) is 0 Å². The Morgan fingerprint density at radius 1 is 1.24 bits per heavy atom. The molecule has 0 spiro atoms. The molecule has 1 saturated heterocycles. The normalized spacial score (nSPS) is 27.4. The highest BCUT2D eigenvalue weighted by Gasteiger charge is 2.43. The molecule has 0 aromatic heterocycles. The molecule has 1 atom stereocenters. The third-order valence-corrected chi connectivity index (χ3v) is 3.83. The van der Waals surface area contributed by atoms with Crippen molar-refractivity contribution in [2.24, 2.45) is 0 Å². The lowest BCUT2D eigenvalue weighted by molar-refractivity contribution is -0.141. The maximum atomic E-state index is 12.0. The van der Waals surface area contributed by atoms with Gasteiger partial charge in [0.25, 0.3) is 0 Å². The fourth-order valence-corrected chi connectivity index (χ4v) is 2.90. The van der Waals surface area contributed by atoms with Gasteiger partial charge in [-0.1, -0.05) is 25.7 Å². The molecule has 1 aliphatic carbocycles. The zero-order valence-electron chi connectivity index (χ0n) is 10.3. The summed E-state index contributed by atoms with van der Waals surface area (Å²) in [6, 6.07) is -0.657. The Labute approximate surface area is 101 Å². The van der Waals surface area contributed by atoms with Crippen LogP contribution >= 0.6 is 0 Å². The minimum Gasteiger partial charge on any atom is -0.480 e. The van der Waals surface area contributed by atoms with Gasteiger partial charge in [-0.2, -0.15) is 0 Å². The second-order valence-electron chi connectivity index (χ2n) is 5.07. The summed E-state index contributed by atoms with van der Waals surface area (Å²) < 4.78 is 0. The van der Waals surface area contributed by atoms with Gasteiger partial charge in [-0.3, -0.25) is 0 Å². The van der Waals surface area contributed by atoms with Crippen LogP contribution in [0.3, 0.4) is 0 Å². The highest BCUT2D eigenvalue weighted by molar-refractivity contribution is 5.86. The number of urea groups is 1. The molecule has 0 aromatic rings. The Balaban J connectivity index is 2.14. The Kier molecular flexibility index (Phi) is 3.54. The molecule has 17 heavy (non-hydrogen) atoms. The van der Waals surface area contributed by atoms with Gasteiger partial charge in [0, 0.05) is 13.1 Å². The SMILES string of the molecule is CN1CC(C(=O)O)N(C2CCCCCC2)C1=O. The van der Waals surface area contributed by atoms with E-state index in [0.717, 1.165) is 25.7 Å². The average Bonchev–Trinajstić information content (AvgIpc) is 2.51. The highest BCUT2D eigenvalue weighted by Crippen LogP contribution is 2.27. The molecule has 1 unspecified atom stereocenters. The van der Waals surface area contributed by atoms with Gasteiger partial charge < -0.3 is 14.9 Å². The van der Waals surface area contributed by atoms with Gasteiger partial charge in [0.15, 0.2) is 0 Å². The quantitative estimate of drug-likeness (QED) is 0.745. The van der Waals surface area contributed by atoms with Gasteiger partial charge in [-0.15, -0.1) is 0 Å². The standard InChI is InChI=1S/C12H20N2O3/c1-13-8-10(11(15)16)14(12(13)17)9-6-4-2-3-5-7-9/h9-10H,2-8H2,1H3,(H,15,16). The van der Waals surface area contributed by atoms with Crippen LogP contribution in [0, 0.1) is 0 Å². The number of carbonyl (C=O) groups is 2. The van der Waals surface area contributed by atoms with E-state index >= 15 is 0 Å². The Hall–Kier alpha value is -1.26. The molecule has 2 amide bonds. The third kappa shape index (κ3) is 2.37. The van der Waals surface area contributed by atoms with Crippen LogP contribution in [0.15, 0.2) is 0 Å². The van der Waals surface area contributed by atoms with Crippen molar-refractivity contribution in [3.8, 4) is 0 Å². The van der Waals surface area contributed by atoms with E-state index in [-0.39, 0.29) is 12.1 Å². The van der Waals surface area contributed by atoms with Crippen molar-refractivity contribution in [1.82, 2.24) is 9.80 Å². The minimum absolute atomic E-state index is 0.121. The number of amides is 2. The maximum Gasteiger partial charge on any atom is 0.328 e. The molecule has 0 aromatic carbocycles. The van der Waals surface area contributed by atoms with Crippen molar-refractivity contribution in [2.75, 3.05) is 13.6 Å². The van der Waals surface area contributed by atoms with Crippen molar-refractivity contribution < 1.29 is 14.7 Å². The van der Waals surface area contributed by atoms with E-state index in [9.17, 15) is 14.7 Å². The lowest BCUT2D eigenvalue weighted by atomic mass is 10.1. The molecule has 1 aliphatic heterocycles. The topological polar surface area (TPSA) is 60.9 Å². The predicted octanol–water partition coefficient (Wildman–Crippen LogP) is 1.53. The van der Waals surface area contributed by atoms with Crippen molar-refractivity contribution in [3.63, 3.8) is 0 Å². The van der Waals surface area contributed by atoms with E-state index in [0.29, 0.717) is 6.54 Å². The number of hydrogen-bond acceptors (Lipinski definition) is 2. The monoisotopic (exact) mass is 240 g/mol. The molecular weight excluding hydrogens is 220 g/mol. The van der Waals surface area contributed by atoms with Crippen LogP contribution in [-0.4, -0.2) is 52.6 Å². The molecule has 1 saturated carbocycles. The zero-order chi connectivity index (χ0) is 12.4. The van der Waals surface area contributed by atoms with Crippen LogP contribution in [-0.2, 0) is 4.79 Å². The van der Waals surface area contributed by atoms with Crippen LogP contribution in [0.25, 0.3) is 0 Å². The summed E-state index contributed by atoms with van der Waals surface area (Å²) in [7, 11) is 1.68. The Bertz CT molecular complexity index is 311. The van der Waals surface area contributed by atoms with Crippen LogP contribution in [0.4, 0.5) is 4.79 Å². The smallest absolute Gasteiger partial charge is 0.328 e. The molecule has 0 bridgehead atoms. The molecule has 2 aliphatic rings. The summed E-state index contributed by atoms with van der Waals surface area (Å²) in [6.07, 6.45) is 6.50. The zero-order valence-corrected chi connectivity index (χ0v) is 10.3. The van der Waals surface area contributed by atoms with Gasteiger partial charge in [0.2, 0.25) is 0 Å². The summed E-state index contributed by atoms with van der Waals surface area (Å²) in [5.41, 5.74) is 0. The molecule has 2 rings (SSSR count). The van der Waals surface area contributed by atoms with E-state index in [1.807, 2.05) is 0 Å². The summed E-state index contributed by atoms with van der Waals surface area (Å²) in [4.78, 5) is 26.4. The second kappa shape index (κ2) is 4.94. The molecule has 0 radical (unpaired) electrons. The van der Waals surface area contributed by atoms with E-state index in [4.69, 9.17) is 0 Å². The van der Waals surface area contributed by atoms with E-state index < -0.39 is 12.0 Å². The lowest BCUT2D eigenvalue weighted by Gasteiger charge is -2.29. The van der Waals surface area contributed by atoms with Crippen LogP contribution in [0.2, 0.25) is 0 Å². The molecule has 2 fully saturated rings. The van der Waals surface area contributed by atoms with Crippen molar-refractivity contribution in [1.29, 1.82) is 0 Å². The first-order valence-electron chi connectivity index (χ1n) is 6.37. The fraction of sp³-hybridized carbons (Fsp3) is 0.833. The van der Waals surface area contributed by atoms with E-state index in [1.165, 1.54) is 17.7 Å². The molecule has 1 N–H and O–H groups in total. The minimum atomic E-state index is -0.882. The summed E-state index contributed by atoms with van der Waals surface area (Å²) in [6.45, 7) is 0.310. The van der Waals surface area contributed by atoms with Crippen molar-refractivity contribution >= 4 is 12.0 Å². The van der Waals surface area contributed by atoms with Crippen LogP contribution in [0.1, 0.15) is 38.5 Å². The second-order valence-corrected chi connectivity index (χ2v) is 5.07. The first-order chi connectivity index (χ1) is 8.11. The molecule has 5 nitrogen and oxygen atoms in total. The Morgan fingerprint density at radius 3 is 2.35 bits per heavy atom. The van der Waals surface area contributed by atoms with Crippen LogP contribution in [0.5, 0.6) is 0 Å². The summed E-state index contributed by atoms with van der Waals surface area (Å²) >= 11 is 0. The number of carboxylic acid groups (broad SMARTS) is 1. The first-order valence-corrected chi connectivity index (χ1v) is 6.37. The number of likely N-dealkylation sites (N-methyl/N-ethyl adjacent to an activating group) is 1. The lowest BCUT2D eigenvalue weighted by Crippen LogP contribution is -2.46. The van der Waals surface area contributed by atoms with Gasteiger partial charge in [-0.05, 0) is 12.8 Å². The average molecular weight is 240 g/mol. The third-order valence-electron chi connectivity index (χ3n) is 3.83. The molecular formula is C12H20N2O3. The number of hydrogen-bond donors (Lipinski definition) is 1. The highest BCUT2D eigenvalue weighted by atomic mass is 16.4. The van der Waals surface area contributed by atoms with Gasteiger partial charge in [-0.25, -0.2) is 9.59 Å². The Morgan fingerprint density at radius 2 is 1.82 bits per heavy atom. The van der Waals surface area contributed by atoms with E-state index in [1.54, 1.807) is 11.9 Å².